The summed E-state index contributed by atoms with van der Waals surface area (Å²) >= 11 is 0. The fraction of sp³-hybridized carbons (Fsp3) is 0.235. The second kappa shape index (κ2) is 6.27. The number of carbonyl (C=O) groups is 1. The van der Waals surface area contributed by atoms with Gasteiger partial charge in [-0.05, 0) is 18.6 Å². The maximum absolute atomic E-state index is 14.0. The third-order valence-corrected chi connectivity index (χ3v) is 3.91. The molecule has 1 aliphatic rings. The number of ether oxygens (including phenoxy) is 1. The number of fused-ring (bicyclic) bond motifs is 1. The molecule has 2 aromatic rings. The van der Waals surface area contributed by atoms with Gasteiger partial charge in [-0.3, -0.25) is 14.9 Å². The first kappa shape index (κ1) is 15.9. The molecule has 124 valence electrons. The fourth-order valence-corrected chi connectivity index (χ4v) is 2.64. The molecule has 0 unspecified atom stereocenters. The van der Waals surface area contributed by atoms with Gasteiger partial charge in [0.1, 0.15) is 11.6 Å². The first-order valence-corrected chi connectivity index (χ1v) is 7.51. The van der Waals surface area contributed by atoms with Crippen LogP contribution < -0.4 is 9.64 Å². The number of hydrogen-bond donors (Lipinski definition) is 0. The second-order valence-corrected chi connectivity index (χ2v) is 5.44. The second-order valence-electron chi connectivity index (χ2n) is 5.44. The highest BCUT2D eigenvalue weighted by atomic mass is 19.1. The van der Waals surface area contributed by atoms with Crippen molar-refractivity contribution in [2.45, 2.75) is 26.0 Å². The van der Waals surface area contributed by atoms with Gasteiger partial charge in [0.2, 0.25) is 0 Å². The molecule has 1 aliphatic heterocycles. The molecule has 0 spiro atoms. The molecule has 6 nitrogen and oxygen atoms in total. The van der Waals surface area contributed by atoms with E-state index < -0.39 is 16.8 Å². The monoisotopic (exact) mass is 330 g/mol. The third-order valence-electron chi connectivity index (χ3n) is 3.91. The molecule has 0 radical (unpaired) electrons. The third kappa shape index (κ3) is 2.80. The Bertz CT molecular complexity index is 809. The number of anilines is 1. The molecule has 1 atom stereocenters. The summed E-state index contributed by atoms with van der Waals surface area (Å²) in [5.74, 6) is -0.394. The van der Waals surface area contributed by atoms with Gasteiger partial charge in [-0.2, -0.15) is 0 Å². The quantitative estimate of drug-likeness (QED) is 0.636. The van der Waals surface area contributed by atoms with Crippen molar-refractivity contribution in [1.82, 2.24) is 0 Å². The van der Waals surface area contributed by atoms with Crippen LogP contribution in [0.5, 0.6) is 5.75 Å². The van der Waals surface area contributed by atoms with Crippen molar-refractivity contribution >= 4 is 17.3 Å². The SMILES string of the molecule is CC[C@H]1Oc2ccc([N+](=O)[O-])cc2N(Cc2ccccc2F)C1=O. The summed E-state index contributed by atoms with van der Waals surface area (Å²) in [5, 5.41) is 11.0. The van der Waals surface area contributed by atoms with E-state index in [0.29, 0.717) is 17.7 Å². The lowest BCUT2D eigenvalue weighted by Crippen LogP contribution is -2.45. The number of non-ortho nitro benzene ring substituents is 1. The van der Waals surface area contributed by atoms with Crippen molar-refractivity contribution < 1.29 is 18.8 Å². The topological polar surface area (TPSA) is 72.7 Å². The van der Waals surface area contributed by atoms with Crippen LogP contribution in [0, 0.1) is 15.9 Å². The number of nitrogens with zero attached hydrogens (tertiary/aromatic N) is 2. The van der Waals surface area contributed by atoms with Crippen molar-refractivity contribution in [3.63, 3.8) is 0 Å². The molecule has 1 amide bonds. The Morgan fingerprint density at radius 3 is 2.71 bits per heavy atom. The van der Waals surface area contributed by atoms with Crippen molar-refractivity contribution in [3.8, 4) is 5.75 Å². The molecule has 0 aliphatic carbocycles. The Labute approximate surface area is 137 Å². The highest BCUT2D eigenvalue weighted by molar-refractivity contribution is 6.00. The summed E-state index contributed by atoms with van der Waals surface area (Å²) in [5.41, 5.74) is 0.459. The predicted octanol–water partition coefficient (Wildman–Crippen LogP) is 3.44. The minimum Gasteiger partial charge on any atom is -0.478 e. The van der Waals surface area contributed by atoms with Gasteiger partial charge in [-0.25, -0.2) is 4.39 Å². The maximum atomic E-state index is 14.0. The van der Waals surface area contributed by atoms with Crippen molar-refractivity contribution in [2.75, 3.05) is 4.90 Å². The van der Waals surface area contributed by atoms with Gasteiger partial charge in [0.25, 0.3) is 11.6 Å². The molecular formula is C17H15FN2O4. The van der Waals surface area contributed by atoms with Gasteiger partial charge in [-0.15, -0.1) is 0 Å². The number of hydrogen-bond acceptors (Lipinski definition) is 4. The van der Waals surface area contributed by atoms with Crippen LogP contribution in [0.15, 0.2) is 42.5 Å². The normalized spacial score (nSPS) is 16.5. The number of halogens is 1. The van der Waals surface area contributed by atoms with Gasteiger partial charge < -0.3 is 9.64 Å². The zero-order chi connectivity index (χ0) is 17.3. The Morgan fingerprint density at radius 1 is 1.29 bits per heavy atom. The van der Waals surface area contributed by atoms with E-state index in [9.17, 15) is 19.3 Å². The smallest absolute Gasteiger partial charge is 0.271 e. The number of amides is 1. The average Bonchev–Trinajstić information content (AvgIpc) is 2.58. The molecule has 0 N–H and O–H groups in total. The van der Waals surface area contributed by atoms with Crippen LogP contribution in [0.2, 0.25) is 0 Å². The summed E-state index contributed by atoms with van der Waals surface area (Å²) in [6.07, 6.45) is -0.242. The fourth-order valence-electron chi connectivity index (χ4n) is 2.64. The van der Waals surface area contributed by atoms with Gasteiger partial charge >= 0.3 is 0 Å². The summed E-state index contributed by atoms with van der Waals surface area (Å²) in [6.45, 7) is 1.79. The number of carbonyl (C=O) groups excluding carboxylic acids is 1. The van der Waals surface area contributed by atoms with Crippen LogP contribution in [0.3, 0.4) is 0 Å². The van der Waals surface area contributed by atoms with Crippen LogP contribution in [-0.4, -0.2) is 16.9 Å². The van der Waals surface area contributed by atoms with Crippen LogP contribution in [0.4, 0.5) is 15.8 Å². The molecular weight excluding hydrogens is 315 g/mol. The highest BCUT2D eigenvalue weighted by Gasteiger charge is 2.34. The number of nitro groups is 1. The molecule has 7 heteroatoms. The van der Waals surface area contributed by atoms with E-state index in [4.69, 9.17) is 4.74 Å². The minimum absolute atomic E-state index is 0.0144. The summed E-state index contributed by atoms with van der Waals surface area (Å²) in [4.78, 5) is 24.4. The van der Waals surface area contributed by atoms with E-state index in [1.54, 1.807) is 25.1 Å². The zero-order valence-corrected chi connectivity index (χ0v) is 12.9. The number of rotatable bonds is 4. The Morgan fingerprint density at radius 2 is 2.04 bits per heavy atom. The summed E-state index contributed by atoms with van der Waals surface area (Å²) in [7, 11) is 0. The zero-order valence-electron chi connectivity index (χ0n) is 12.9. The largest absolute Gasteiger partial charge is 0.478 e. The van der Waals surface area contributed by atoms with E-state index in [1.165, 1.54) is 29.2 Å². The molecule has 0 bridgehead atoms. The summed E-state index contributed by atoms with van der Waals surface area (Å²) in [6, 6.07) is 10.2. The van der Waals surface area contributed by atoms with E-state index in [2.05, 4.69) is 0 Å². The molecule has 0 saturated heterocycles. The lowest BCUT2D eigenvalue weighted by atomic mass is 10.1. The minimum atomic E-state index is -0.689. The van der Waals surface area contributed by atoms with Crippen LogP contribution in [0.1, 0.15) is 18.9 Å². The molecule has 24 heavy (non-hydrogen) atoms. The standard InChI is InChI=1S/C17H15FN2O4/c1-2-15-17(21)19(10-11-5-3-4-6-13(11)18)14-9-12(20(22)23)7-8-16(14)24-15/h3-9,15H,2,10H2,1H3/t15-/m1/s1. The van der Waals surface area contributed by atoms with Crippen molar-refractivity contribution in [3.05, 3.63) is 64.0 Å². The van der Waals surface area contributed by atoms with Gasteiger partial charge in [0, 0.05) is 17.7 Å². The first-order chi connectivity index (χ1) is 11.5. The van der Waals surface area contributed by atoms with E-state index in [1.807, 2.05) is 0 Å². The van der Waals surface area contributed by atoms with Crippen LogP contribution >= 0.6 is 0 Å². The highest BCUT2D eigenvalue weighted by Crippen LogP contribution is 2.38. The molecule has 0 aromatic heterocycles. The van der Waals surface area contributed by atoms with Gasteiger partial charge in [-0.1, -0.05) is 25.1 Å². The van der Waals surface area contributed by atoms with Crippen molar-refractivity contribution in [1.29, 1.82) is 0 Å². The molecule has 1 heterocycles. The van der Waals surface area contributed by atoms with E-state index >= 15 is 0 Å². The molecule has 3 rings (SSSR count). The van der Waals surface area contributed by atoms with Crippen LogP contribution in [-0.2, 0) is 11.3 Å². The average molecular weight is 330 g/mol. The Balaban J connectivity index is 2.06. The van der Waals surface area contributed by atoms with Gasteiger partial charge in [0.05, 0.1) is 17.2 Å². The van der Waals surface area contributed by atoms with Crippen LogP contribution in [0.25, 0.3) is 0 Å². The molecule has 0 fully saturated rings. The lowest BCUT2D eigenvalue weighted by molar-refractivity contribution is -0.384. The number of nitro benzene ring substituents is 1. The van der Waals surface area contributed by atoms with E-state index in [0.717, 1.165) is 0 Å². The first-order valence-electron chi connectivity index (χ1n) is 7.51. The molecule has 2 aromatic carbocycles. The molecule has 0 saturated carbocycles. The Kier molecular flexibility index (Phi) is 4.16. The maximum Gasteiger partial charge on any atom is 0.271 e. The lowest BCUT2D eigenvalue weighted by Gasteiger charge is -2.34. The van der Waals surface area contributed by atoms with Crippen molar-refractivity contribution in [2.24, 2.45) is 0 Å². The Hall–Kier alpha value is -2.96. The summed E-state index contributed by atoms with van der Waals surface area (Å²) < 4.78 is 19.6. The van der Waals surface area contributed by atoms with Gasteiger partial charge in [0.15, 0.2) is 6.10 Å². The number of benzene rings is 2. The van der Waals surface area contributed by atoms with E-state index in [-0.39, 0.29) is 23.8 Å². The predicted molar refractivity (Wildman–Crippen MR) is 85.4 cm³/mol.